The molecule has 0 aliphatic heterocycles. The molecule has 0 spiro atoms. The molecule has 0 fully saturated rings. The highest BCUT2D eigenvalue weighted by Crippen LogP contribution is 2.36. The predicted octanol–water partition coefficient (Wildman–Crippen LogP) is 4.78. The molecule has 5 heteroatoms. The number of hydrogen-bond donors (Lipinski definition) is 1. The van der Waals surface area contributed by atoms with Crippen molar-refractivity contribution >= 4 is 29.5 Å². The Hall–Kier alpha value is -3.86. The van der Waals surface area contributed by atoms with Gasteiger partial charge in [-0.1, -0.05) is 60.2 Å². The van der Waals surface area contributed by atoms with E-state index in [2.05, 4.69) is 0 Å². The lowest BCUT2D eigenvalue weighted by Crippen LogP contribution is -2.07. The number of carbonyl (C=O) groups excluding carboxylic acids is 2. The van der Waals surface area contributed by atoms with Crippen LogP contribution in [0, 0.1) is 13.8 Å². The minimum Gasteiger partial charge on any atom is -0.494 e. The number of aryl methyl sites for hydroxylation is 1. The zero-order chi connectivity index (χ0) is 22.1. The average Bonchev–Trinajstić information content (AvgIpc) is 3.00. The van der Waals surface area contributed by atoms with Gasteiger partial charge < -0.3 is 14.4 Å². The zero-order valence-electron chi connectivity index (χ0n) is 17.7. The van der Waals surface area contributed by atoms with Gasteiger partial charge in [0, 0.05) is 11.3 Å². The first kappa shape index (κ1) is 20.4. The molecule has 1 N–H and O–H groups in total. The summed E-state index contributed by atoms with van der Waals surface area (Å²) in [6.07, 6.45) is 4.86. The molecule has 156 valence electrons. The summed E-state index contributed by atoms with van der Waals surface area (Å²) in [5.74, 6) is -0.821. The number of aromatic nitrogens is 1. The molecule has 0 atom stereocenters. The van der Waals surface area contributed by atoms with Crippen LogP contribution in [-0.2, 0) is 16.1 Å². The summed E-state index contributed by atoms with van der Waals surface area (Å²) in [5.41, 5.74) is 5.31. The third-order valence-electron chi connectivity index (χ3n) is 5.60. The average molecular weight is 413 g/mol. The highest BCUT2D eigenvalue weighted by molar-refractivity contribution is 6.33. The number of ketones is 1. The first-order valence-electron chi connectivity index (χ1n) is 10.00. The number of fused-ring (bicyclic) bond motifs is 1. The molecule has 1 aliphatic rings. The van der Waals surface area contributed by atoms with Crippen molar-refractivity contribution in [2.75, 3.05) is 7.11 Å². The molecule has 0 radical (unpaired) electrons. The lowest BCUT2D eigenvalue weighted by Gasteiger charge is -2.13. The molecule has 0 bridgehead atoms. The monoisotopic (exact) mass is 413 g/mol. The molecule has 5 nitrogen and oxygen atoms in total. The molecule has 31 heavy (non-hydrogen) atoms. The maximum atomic E-state index is 12.7. The normalized spacial score (nSPS) is 14.0. The van der Waals surface area contributed by atoms with Gasteiger partial charge in [0.2, 0.25) is 0 Å². The van der Waals surface area contributed by atoms with E-state index in [1.54, 1.807) is 23.6 Å². The Kier molecular flexibility index (Phi) is 5.34. The predicted molar refractivity (Wildman–Crippen MR) is 121 cm³/mol. The summed E-state index contributed by atoms with van der Waals surface area (Å²) in [6, 6.07) is 15.5. The molecule has 1 aliphatic carbocycles. The number of hydrogen-bond acceptors (Lipinski definition) is 4. The summed E-state index contributed by atoms with van der Waals surface area (Å²) in [4.78, 5) is 25.3. The molecule has 0 unspecified atom stereocenters. The van der Waals surface area contributed by atoms with E-state index in [4.69, 9.17) is 4.74 Å². The maximum absolute atomic E-state index is 12.7. The summed E-state index contributed by atoms with van der Waals surface area (Å²) < 4.78 is 6.65. The first-order chi connectivity index (χ1) is 14.9. The highest BCUT2D eigenvalue weighted by atomic mass is 16.5. The van der Waals surface area contributed by atoms with E-state index >= 15 is 0 Å². The number of rotatable bonds is 4. The number of benzene rings is 2. The van der Waals surface area contributed by atoms with Crippen LogP contribution in [0.1, 0.15) is 43.9 Å². The van der Waals surface area contributed by atoms with Gasteiger partial charge in [0.25, 0.3) is 0 Å². The van der Waals surface area contributed by atoms with Gasteiger partial charge in [0.1, 0.15) is 0 Å². The molecule has 2 aromatic carbocycles. The van der Waals surface area contributed by atoms with Crippen LogP contribution in [0.25, 0.3) is 17.7 Å². The summed E-state index contributed by atoms with van der Waals surface area (Å²) in [7, 11) is 1.30. The quantitative estimate of drug-likeness (QED) is 0.494. The van der Waals surface area contributed by atoms with Gasteiger partial charge >= 0.3 is 5.97 Å². The Morgan fingerprint density at radius 2 is 1.77 bits per heavy atom. The fourth-order valence-corrected chi connectivity index (χ4v) is 3.88. The first-order valence-corrected chi connectivity index (χ1v) is 10.00. The van der Waals surface area contributed by atoms with E-state index in [9.17, 15) is 14.7 Å². The van der Waals surface area contributed by atoms with Crippen LogP contribution < -0.4 is 0 Å². The van der Waals surface area contributed by atoms with Crippen molar-refractivity contribution in [3.8, 4) is 5.88 Å². The summed E-state index contributed by atoms with van der Waals surface area (Å²) >= 11 is 0. The number of nitrogens with zero attached hydrogens (tertiary/aromatic N) is 1. The van der Waals surface area contributed by atoms with Crippen molar-refractivity contribution in [1.29, 1.82) is 0 Å². The Morgan fingerprint density at radius 1 is 1.06 bits per heavy atom. The van der Waals surface area contributed by atoms with Crippen molar-refractivity contribution in [1.82, 2.24) is 4.57 Å². The Morgan fingerprint density at radius 3 is 2.48 bits per heavy atom. The molecule has 3 aromatic rings. The Labute approximate surface area is 180 Å². The fourth-order valence-electron chi connectivity index (χ4n) is 3.88. The van der Waals surface area contributed by atoms with Gasteiger partial charge in [0.05, 0.1) is 24.8 Å². The van der Waals surface area contributed by atoms with Crippen LogP contribution in [0.2, 0.25) is 0 Å². The van der Waals surface area contributed by atoms with Crippen LogP contribution in [0.3, 0.4) is 0 Å². The molecule has 1 heterocycles. The van der Waals surface area contributed by atoms with Gasteiger partial charge in [-0.2, -0.15) is 0 Å². The van der Waals surface area contributed by atoms with Gasteiger partial charge in [-0.25, -0.2) is 4.79 Å². The minimum absolute atomic E-state index is 0.0780. The topological polar surface area (TPSA) is 68.5 Å². The number of allylic oxidation sites excluding steroid dienone is 2. The second-order valence-electron chi connectivity index (χ2n) is 7.60. The largest absolute Gasteiger partial charge is 0.494 e. The van der Waals surface area contributed by atoms with Crippen molar-refractivity contribution in [3.63, 3.8) is 0 Å². The van der Waals surface area contributed by atoms with E-state index in [0.29, 0.717) is 17.8 Å². The summed E-state index contributed by atoms with van der Waals surface area (Å²) in [6.45, 7) is 4.16. The maximum Gasteiger partial charge on any atom is 0.340 e. The van der Waals surface area contributed by atoms with E-state index in [0.717, 1.165) is 22.3 Å². The lowest BCUT2D eigenvalue weighted by molar-refractivity contribution is -0.109. The van der Waals surface area contributed by atoms with E-state index in [1.807, 2.05) is 55.5 Å². The fraction of sp³-hybridized carbons (Fsp3) is 0.154. The number of aromatic hydroxyl groups is 1. The van der Waals surface area contributed by atoms with Crippen molar-refractivity contribution in [2.45, 2.75) is 20.4 Å². The summed E-state index contributed by atoms with van der Waals surface area (Å²) in [5, 5.41) is 11.1. The van der Waals surface area contributed by atoms with Crippen molar-refractivity contribution < 1.29 is 19.4 Å². The molecular formula is C26H23NO4. The van der Waals surface area contributed by atoms with Gasteiger partial charge in [-0.3, -0.25) is 4.79 Å². The number of ether oxygens (including phenoxy) is 1. The number of carbonyl (C=O) groups is 2. The number of methoxy groups -OCH3 is 1. The second-order valence-corrected chi connectivity index (χ2v) is 7.60. The van der Waals surface area contributed by atoms with E-state index < -0.39 is 5.97 Å². The van der Waals surface area contributed by atoms with Crippen LogP contribution in [-0.4, -0.2) is 28.5 Å². The smallest absolute Gasteiger partial charge is 0.340 e. The SMILES string of the molecule is COC(=O)c1c(C=C2C(=O)C=Cc3ccccc32)c(O)n(Cc2ccc(C)cc2)c1C. The highest BCUT2D eigenvalue weighted by Gasteiger charge is 2.27. The van der Waals surface area contributed by atoms with Crippen LogP contribution in [0.5, 0.6) is 5.88 Å². The Bertz CT molecular complexity index is 1240. The molecule has 1 aromatic heterocycles. The van der Waals surface area contributed by atoms with Crippen molar-refractivity contribution in [2.24, 2.45) is 0 Å². The van der Waals surface area contributed by atoms with Gasteiger partial charge in [0.15, 0.2) is 11.7 Å². The zero-order valence-corrected chi connectivity index (χ0v) is 17.7. The molecule has 0 saturated heterocycles. The van der Waals surface area contributed by atoms with Gasteiger partial charge in [-0.15, -0.1) is 0 Å². The standard InChI is InChI=1S/C26H23NO4/c1-16-8-10-18(11-9-16)15-27-17(2)24(26(30)31-3)22(25(27)29)14-21-20-7-5-4-6-19(20)12-13-23(21)28/h4-14,29H,15H2,1-3H3. The van der Waals surface area contributed by atoms with Gasteiger partial charge in [-0.05, 0) is 42.7 Å². The molecule has 0 amide bonds. The van der Waals surface area contributed by atoms with Crippen LogP contribution in [0.15, 0.2) is 54.6 Å². The van der Waals surface area contributed by atoms with E-state index in [1.165, 1.54) is 13.2 Å². The molecule has 0 saturated carbocycles. The third kappa shape index (κ3) is 3.70. The lowest BCUT2D eigenvalue weighted by atomic mass is 9.90. The van der Waals surface area contributed by atoms with Crippen LogP contribution in [0.4, 0.5) is 0 Å². The van der Waals surface area contributed by atoms with Crippen molar-refractivity contribution in [3.05, 3.63) is 93.7 Å². The molecular weight excluding hydrogens is 390 g/mol. The minimum atomic E-state index is -0.561. The molecule has 4 rings (SSSR count). The third-order valence-corrected chi connectivity index (χ3v) is 5.60. The Balaban J connectivity index is 1.88. The van der Waals surface area contributed by atoms with Crippen LogP contribution >= 0.6 is 0 Å². The number of esters is 1. The second kappa shape index (κ2) is 8.11. The van der Waals surface area contributed by atoms with E-state index in [-0.39, 0.29) is 22.8 Å².